The van der Waals surface area contributed by atoms with E-state index in [1.165, 1.54) is 6.08 Å². The van der Waals surface area contributed by atoms with E-state index in [1.807, 2.05) is 60.8 Å². The molecule has 0 spiro atoms. The molecular formula is C18H16N2O3. The molecule has 0 unspecified atom stereocenters. The maximum absolute atomic E-state index is 10.5. The number of rotatable bonds is 6. The van der Waals surface area contributed by atoms with Crippen LogP contribution in [0.25, 0.3) is 17.0 Å². The SMILES string of the molecule is O=[N+]([O-])C=Cc1cn(CCOc2ccccc2)c2ccccc12. The minimum Gasteiger partial charge on any atom is -0.492 e. The molecule has 3 aromatic rings. The highest BCUT2D eigenvalue weighted by Gasteiger charge is 2.07. The predicted molar refractivity (Wildman–Crippen MR) is 89.9 cm³/mol. The molecule has 3 rings (SSSR count). The van der Waals surface area contributed by atoms with Gasteiger partial charge in [-0.05, 0) is 18.2 Å². The summed E-state index contributed by atoms with van der Waals surface area (Å²) in [6.45, 7) is 1.20. The Bertz CT molecular complexity index is 838. The topological polar surface area (TPSA) is 57.3 Å². The third-order valence-corrected chi connectivity index (χ3v) is 3.54. The van der Waals surface area contributed by atoms with Crippen molar-refractivity contribution in [3.63, 3.8) is 0 Å². The molecule has 0 saturated heterocycles. The van der Waals surface area contributed by atoms with Crippen LogP contribution in [-0.4, -0.2) is 16.1 Å². The summed E-state index contributed by atoms with van der Waals surface area (Å²) in [6, 6.07) is 17.5. The molecule has 0 saturated carbocycles. The van der Waals surface area contributed by atoms with Crippen LogP contribution in [0.5, 0.6) is 5.75 Å². The van der Waals surface area contributed by atoms with E-state index in [2.05, 4.69) is 4.57 Å². The Morgan fingerprint density at radius 3 is 2.61 bits per heavy atom. The molecule has 116 valence electrons. The zero-order valence-electron chi connectivity index (χ0n) is 12.5. The first-order chi connectivity index (χ1) is 11.2. The fourth-order valence-electron chi connectivity index (χ4n) is 2.51. The van der Waals surface area contributed by atoms with E-state index in [1.54, 1.807) is 0 Å². The fraction of sp³-hybridized carbons (Fsp3) is 0.111. The summed E-state index contributed by atoms with van der Waals surface area (Å²) in [5.74, 6) is 0.831. The van der Waals surface area contributed by atoms with Crippen molar-refractivity contribution in [3.05, 3.63) is 82.7 Å². The molecule has 2 aromatic carbocycles. The smallest absolute Gasteiger partial charge is 0.235 e. The molecule has 0 radical (unpaired) electrons. The minimum atomic E-state index is -0.454. The van der Waals surface area contributed by atoms with Crippen molar-refractivity contribution in [2.24, 2.45) is 0 Å². The second-order valence-electron chi connectivity index (χ2n) is 5.06. The zero-order chi connectivity index (χ0) is 16.1. The Balaban J connectivity index is 1.79. The Labute approximate surface area is 133 Å². The number of aromatic nitrogens is 1. The van der Waals surface area contributed by atoms with E-state index in [0.29, 0.717) is 13.2 Å². The average molecular weight is 308 g/mol. The van der Waals surface area contributed by atoms with Crippen LogP contribution in [0.1, 0.15) is 5.56 Å². The molecule has 0 amide bonds. The van der Waals surface area contributed by atoms with Crippen LogP contribution in [0.3, 0.4) is 0 Å². The standard InChI is InChI=1S/C18H16N2O3/c21-20(22)11-10-15-14-19(18-9-5-4-8-17(15)18)12-13-23-16-6-2-1-3-7-16/h1-11,14H,12-13H2. The van der Waals surface area contributed by atoms with Crippen LogP contribution in [0, 0.1) is 10.1 Å². The summed E-state index contributed by atoms with van der Waals surface area (Å²) in [4.78, 5) is 10.1. The van der Waals surface area contributed by atoms with Gasteiger partial charge in [-0.2, -0.15) is 0 Å². The zero-order valence-corrected chi connectivity index (χ0v) is 12.5. The van der Waals surface area contributed by atoms with E-state index in [0.717, 1.165) is 28.4 Å². The molecular weight excluding hydrogens is 292 g/mol. The van der Waals surface area contributed by atoms with Crippen molar-refractivity contribution < 1.29 is 9.66 Å². The van der Waals surface area contributed by atoms with Crippen LogP contribution in [0.15, 0.2) is 67.0 Å². The molecule has 0 aliphatic rings. The summed E-state index contributed by atoms with van der Waals surface area (Å²) < 4.78 is 7.77. The third kappa shape index (κ3) is 3.58. The molecule has 1 aromatic heterocycles. The molecule has 23 heavy (non-hydrogen) atoms. The monoisotopic (exact) mass is 308 g/mol. The number of fused-ring (bicyclic) bond motifs is 1. The van der Waals surface area contributed by atoms with E-state index in [9.17, 15) is 10.1 Å². The molecule has 0 bridgehead atoms. The molecule has 0 N–H and O–H groups in total. The largest absolute Gasteiger partial charge is 0.492 e. The van der Waals surface area contributed by atoms with Crippen LogP contribution in [-0.2, 0) is 6.54 Å². The Hall–Kier alpha value is -3.08. The molecule has 0 atom stereocenters. The molecule has 0 aliphatic heterocycles. The van der Waals surface area contributed by atoms with Crippen molar-refractivity contribution in [2.75, 3.05) is 6.61 Å². The first-order valence-electron chi connectivity index (χ1n) is 7.31. The van der Waals surface area contributed by atoms with Gasteiger partial charge in [0.05, 0.1) is 11.5 Å². The number of ether oxygens (including phenoxy) is 1. The highest BCUT2D eigenvalue weighted by atomic mass is 16.6. The lowest BCUT2D eigenvalue weighted by Gasteiger charge is -2.08. The minimum absolute atomic E-state index is 0.454. The lowest BCUT2D eigenvalue weighted by molar-refractivity contribution is -0.400. The van der Waals surface area contributed by atoms with Crippen molar-refractivity contribution in [2.45, 2.75) is 6.54 Å². The number of nitrogens with zero attached hydrogens (tertiary/aromatic N) is 2. The molecule has 5 nitrogen and oxygen atoms in total. The van der Waals surface area contributed by atoms with Gasteiger partial charge in [-0.25, -0.2) is 0 Å². The van der Waals surface area contributed by atoms with Gasteiger partial charge in [-0.1, -0.05) is 36.4 Å². The first kappa shape index (κ1) is 14.8. The Kier molecular flexibility index (Phi) is 4.38. The van der Waals surface area contributed by atoms with E-state index < -0.39 is 4.92 Å². The Morgan fingerprint density at radius 2 is 1.83 bits per heavy atom. The molecule has 0 fully saturated rings. The van der Waals surface area contributed by atoms with Crippen molar-refractivity contribution >= 4 is 17.0 Å². The third-order valence-electron chi connectivity index (χ3n) is 3.54. The van der Waals surface area contributed by atoms with E-state index in [-0.39, 0.29) is 0 Å². The summed E-state index contributed by atoms with van der Waals surface area (Å²) in [5.41, 5.74) is 1.86. The number of hydrogen-bond acceptors (Lipinski definition) is 3. The summed E-state index contributed by atoms with van der Waals surface area (Å²) in [6.07, 6.45) is 4.41. The van der Waals surface area contributed by atoms with Crippen molar-refractivity contribution in [1.82, 2.24) is 4.57 Å². The summed E-state index contributed by atoms with van der Waals surface area (Å²) in [5, 5.41) is 11.5. The molecule has 5 heteroatoms. The predicted octanol–water partition coefficient (Wildman–Crippen LogP) is 3.97. The lowest BCUT2D eigenvalue weighted by atomic mass is 10.2. The number of benzene rings is 2. The maximum Gasteiger partial charge on any atom is 0.235 e. The number of para-hydroxylation sites is 2. The van der Waals surface area contributed by atoms with Crippen LogP contribution in [0.4, 0.5) is 0 Å². The van der Waals surface area contributed by atoms with Gasteiger partial charge in [-0.3, -0.25) is 10.1 Å². The van der Waals surface area contributed by atoms with Gasteiger partial charge in [-0.15, -0.1) is 0 Å². The van der Waals surface area contributed by atoms with Gasteiger partial charge >= 0.3 is 0 Å². The van der Waals surface area contributed by atoms with Gasteiger partial charge < -0.3 is 9.30 Å². The van der Waals surface area contributed by atoms with Gasteiger partial charge in [0.2, 0.25) is 6.20 Å². The molecule has 0 aliphatic carbocycles. The number of hydrogen-bond donors (Lipinski definition) is 0. The summed E-state index contributed by atoms with van der Waals surface area (Å²) in [7, 11) is 0. The van der Waals surface area contributed by atoms with Crippen LogP contribution >= 0.6 is 0 Å². The van der Waals surface area contributed by atoms with Gasteiger partial charge in [0.1, 0.15) is 12.4 Å². The highest BCUT2D eigenvalue weighted by Crippen LogP contribution is 2.22. The molecule has 1 heterocycles. The van der Waals surface area contributed by atoms with Crippen molar-refractivity contribution in [3.8, 4) is 5.75 Å². The van der Waals surface area contributed by atoms with Crippen LogP contribution in [0.2, 0.25) is 0 Å². The van der Waals surface area contributed by atoms with E-state index in [4.69, 9.17) is 4.74 Å². The van der Waals surface area contributed by atoms with Gasteiger partial charge in [0.15, 0.2) is 0 Å². The second kappa shape index (κ2) is 6.79. The fourth-order valence-corrected chi connectivity index (χ4v) is 2.51. The highest BCUT2D eigenvalue weighted by molar-refractivity contribution is 5.89. The van der Waals surface area contributed by atoms with Crippen molar-refractivity contribution in [1.29, 1.82) is 0 Å². The Morgan fingerprint density at radius 1 is 1.09 bits per heavy atom. The summed E-state index contributed by atoms with van der Waals surface area (Å²) >= 11 is 0. The van der Waals surface area contributed by atoms with E-state index >= 15 is 0 Å². The normalized spacial score (nSPS) is 11.1. The maximum atomic E-state index is 10.5. The lowest BCUT2D eigenvalue weighted by Crippen LogP contribution is -2.07. The van der Waals surface area contributed by atoms with Gasteiger partial charge in [0, 0.05) is 28.7 Å². The second-order valence-corrected chi connectivity index (χ2v) is 5.06. The first-order valence-corrected chi connectivity index (χ1v) is 7.31. The number of nitro groups is 1. The van der Waals surface area contributed by atoms with Crippen LogP contribution < -0.4 is 4.74 Å². The van der Waals surface area contributed by atoms with Gasteiger partial charge in [0.25, 0.3) is 0 Å². The quantitative estimate of drug-likeness (QED) is 0.511. The average Bonchev–Trinajstić information content (AvgIpc) is 2.92.